The largest absolute Gasteiger partial charge is 0.294 e. The van der Waals surface area contributed by atoms with Crippen molar-refractivity contribution >= 4 is 45.1 Å². The first-order chi connectivity index (χ1) is 8.58. The lowest BCUT2D eigenvalue weighted by Gasteiger charge is -2.08. The Balaban J connectivity index is 2.42. The van der Waals surface area contributed by atoms with Crippen molar-refractivity contribution in [3.8, 4) is 0 Å². The Hall–Kier alpha value is -0.770. The third kappa shape index (κ3) is 3.16. The Bertz CT molecular complexity index is 598. The standard InChI is InChI=1S/C14H10BrClOS/c1-9(17)11-7-6-10(15)8-14(11)18-13-5-3-2-4-12(13)16/h2-8H,1H3. The summed E-state index contributed by atoms with van der Waals surface area (Å²) in [5.41, 5.74) is 0.711. The van der Waals surface area contributed by atoms with Gasteiger partial charge in [-0.1, -0.05) is 51.4 Å². The van der Waals surface area contributed by atoms with Gasteiger partial charge in [0.1, 0.15) is 0 Å². The highest BCUT2D eigenvalue weighted by molar-refractivity contribution is 9.10. The summed E-state index contributed by atoms with van der Waals surface area (Å²) in [5, 5.41) is 0.692. The summed E-state index contributed by atoms with van der Waals surface area (Å²) in [4.78, 5) is 13.4. The fourth-order valence-electron chi connectivity index (χ4n) is 1.52. The first kappa shape index (κ1) is 13.7. The second-order valence-corrected chi connectivity index (χ2v) is 6.14. The van der Waals surface area contributed by atoms with Gasteiger partial charge in [0.25, 0.3) is 0 Å². The number of carbonyl (C=O) groups excluding carboxylic acids is 1. The van der Waals surface area contributed by atoms with Crippen molar-refractivity contribution < 1.29 is 4.79 Å². The molecular weight excluding hydrogens is 332 g/mol. The molecule has 2 rings (SSSR count). The molecule has 0 saturated heterocycles. The van der Waals surface area contributed by atoms with Crippen LogP contribution in [0.2, 0.25) is 5.02 Å². The van der Waals surface area contributed by atoms with E-state index in [1.165, 1.54) is 11.8 Å². The minimum Gasteiger partial charge on any atom is -0.294 e. The average molecular weight is 342 g/mol. The molecular formula is C14H10BrClOS. The number of ketones is 1. The molecule has 0 heterocycles. The van der Waals surface area contributed by atoms with Gasteiger partial charge in [-0.2, -0.15) is 0 Å². The monoisotopic (exact) mass is 340 g/mol. The van der Waals surface area contributed by atoms with Gasteiger partial charge in [0, 0.05) is 19.8 Å². The summed E-state index contributed by atoms with van der Waals surface area (Å²) < 4.78 is 0.946. The van der Waals surface area contributed by atoms with Crippen LogP contribution in [0, 0.1) is 0 Å². The lowest BCUT2D eigenvalue weighted by Crippen LogP contribution is -1.94. The number of hydrogen-bond acceptors (Lipinski definition) is 2. The van der Waals surface area contributed by atoms with E-state index in [4.69, 9.17) is 11.6 Å². The molecule has 0 aliphatic heterocycles. The van der Waals surface area contributed by atoms with Crippen molar-refractivity contribution in [3.05, 3.63) is 57.5 Å². The molecule has 0 aliphatic carbocycles. The average Bonchev–Trinajstić information content (AvgIpc) is 2.32. The van der Waals surface area contributed by atoms with Crippen molar-refractivity contribution in [1.82, 2.24) is 0 Å². The van der Waals surface area contributed by atoms with Gasteiger partial charge in [-0.25, -0.2) is 0 Å². The number of hydrogen-bond donors (Lipinski definition) is 0. The SMILES string of the molecule is CC(=O)c1ccc(Br)cc1Sc1ccccc1Cl. The Kier molecular flexibility index (Phi) is 4.49. The Labute approximate surface area is 124 Å². The van der Waals surface area contributed by atoms with Crippen LogP contribution in [0.15, 0.2) is 56.7 Å². The Morgan fingerprint density at radius 3 is 2.56 bits per heavy atom. The summed E-state index contributed by atoms with van der Waals surface area (Å²) >= 11 is 11.0. The van der Waals surface area contributed by atoms with Crippen LogP contribution in [0.5, 0.6) is 0 Å². The second kappa shape index (κ2) is 5.91. The van der Waals surface area contributed by atoms with Crippen LogP contribution in [0.1, 0.15) is 17.3 Å². The third-order valence-corrected chi connectivity index (χ3v) is 4.45. The Morgan fingerprint density at radius 1 is 1.17 bits per heavy atom. The smallest absolute Gasteiger partial charge is 0.160 e. The molecule has 2 aromatic rings. The molecule has 0 N–H and O–H groups in total. The second-order valence-electron chi connectivity index (χ2n) is 3.73. The molecule has 0 atom stereocenters. The molecule has 0 fully saturated rings. The van der Waals surface area contributed by atoms with E-state index in [0.29, 0.717) is 10.6 Å². The maximum Gasteiger partial charge on any atom is 0.160 e. The summed E-state index contributed by atoms with van der Waals surface area (Å²) in [7, 11) is 0. The van der Waals surface area contributed by atoms with E-state index in [2.05, 4.69) is 15.9 Å². The van der Waals surface area contributed by atoms with Crippen molar-refractivity contribution in [1.29, 1.82) is 0 Å². The lowest BCUT2D eigenvalue weighted by atomic mass is 10.1. The third-order valence-electron chi connectivity index (χ3n) is 2.38. The van der Waals surface area contributed by atoms with Crippen molar-refractivity contribution in [2.24, 2.45) is 0 Å². The van der Waals surface area contributed by atoms with Crippen molar-refractivity contribution in [3.63, 3.8) is 0 Å². The van der Waals surface area contributed by atoms with Gasteiger partial charge in [-0.15, -0.1) is 0 Å². The van der Waals surface area contributed by atoms with Gasteiger partial charge in [0.2, 0.25) is 0 Å². The molecule has 0 saturated carbocycles. The van der Waals surface area contributed by atoms with Gasteiger partial charge in [-0.05, 0) is 37.3 Å². The highest BCUT2D eigenvalue weighted by atomic mass is 79.9. The topological polar surface area (TPSA) is 17.1 Å². The number of rotatable bonds is 3. The summed E-state index contributed by atoms with van der Waals surface area (Å²) in [6, 6.07) is 13.2. The van der Waals surface area contributed by atoms with Crippen LogP contribution in [0.3, 0.4) is 0 Å². The highest BCUT2D eigenvalue weighted by Crippen LogP contribution is 2.36. The van der Waals surface area contributed by atoms with Crippen LogP contribution in [-0.4, -0.2) is 5.78 Å². The number of carbonyl (C=O) groups is 1. The highest BCUT2D eigenvalue weighted by Gasteiger charge is 2.10. The number of benzene rings is 2. The molecule has 18 heavy (non-hydrogen) atoms. The van der Waals surface area contributed by atoms with Crippen LogP contribution in [-0.2, 0) is 0 Å². The molecule has 0 radical (unpaired) electrons. The van der Waals surface area contributed by atoms with Crippen LogP contribution >= 0.6 is 39.3 Å². The molecule has 92 valence electrons. The minimum absolute atomic E-state index is 0.0528. The van der Waals surface area contributed by atoms with Gasteiger partial charge in [0.05, 0.1) is 5.02 Å². The molecule has 0 aromatic heterocycles. The summed E-state index contributed by atoms with van der Waals surface area (Å²) in [5.74, 6) is 0.0528. The van der Waals surface area contributed by atoms with Crippen LogP contribution in [0.25, 0.3) is 0 Å². The van der Waals surface area contributed by atoms with E-state index in [9.17, 15) is 4.79 Å². The zero-order chi connectivity index (χ0) is 13.1. The Morgan fingerprint density at radius 2 is 1.89 bits per heavy atom. The van der Waals surface area contributed by atoms with Gasteiger partial charge >= 0.3 is 0 Å². The van der Waals surface area contributed by atoms with Gasteiger partial charge in [0.15, 0.2) is 5.78 Å². The molecule has 4 heteroatoms. The van der Waals surface area contributed by atoms with E-state index in [1.54, 1.807) is 6.92 Å². The molecule has 1 nitrogen and oxygen atoms in total. The first-order valence-electron chi connectivity index (χ1n) is 5.31. The normalized spacial score (nSPS) is 10.4. The number of Topliss-reactive ketones (excluding diaryl/α,β-unsaturated/α-hetero) is 1. The summed E-state index contributed by atoms with van der Waals surface area (Å²) in [6.45, 7) is 1.57. The van der Waals surface area contributed by atoms with E-state index < -0.39 is 0 Å². The maximum absolute atomic E-state index is 11.6. The van der Waals surface area contributed by atoms with Crippen LogP contribution in [0.4, 0.5) is 0 Å². The molecule has 0 bridgehead atoms. The van der Waals surface area contributed by atoms with E-state index in [1.807, 2.05) is 42.5 Å². The molecule has 0 aliphatic rings. The molecule has 0 spiro atoms. The number of halogens is 2. The minimum atomic E-state index is 0.0528. The van der Waals surface area contributed by atoms with E-state index in [-0.39, 0.29) is 5.78 Å². The molecule has 2 aromatic carbocycles. The predicted molar refractivity (Wildman–Crippen MR) is 79.7 cm³/mol. The van der Waals surface area contributed by atoms with Crippen molar-refractivity contribution in [2.75, 3.05) is 0 Å². The first-order valence-corrected chi connectivity index (χ1v) is 7.29. The predicted octanol–water partition coefficient (Wildman–Crippen LogP) is 5.46. The lowest BCUT2D eigenvalue weighted by molar-refractivity contribution is 0.101. The maximum atomic E-state index is 11.6. The zero-order valence-electron chi connectivity index (χ0n) is 9.61. The van der Waals surface area contributed by atoms with E-state index >= 15 is 0 Å². The van der Waals surface area contributed by atoms with Gasteiger partial charge < -0.3 is 0 Å². The summed E-state index contributed by atoms with van der Waals surface area (Å²) in [6.07, 6.45) is 0. The van der Waals surface area contributed by atoms with Crippen molar-refractivity contribution in [2.45, 2.75) is 16.7 Å². The van der Waals surface area contributed by atoms with Gasteiger partial charge in [-0.3, -0.25) is 4.79 Å². The van der Waals surface area contributed by atoms with Crippen LogP contribution < -0.4 is 0 Å². The molecule has 0 amide bonds. The molecule has 0 unspecified atom stereocenters. The quantitative estimate of drug-likeness (QED) is 0.690. The van der Waals surface area contributed by atoms with E-state index in [0.717, 1.165) is 14.3 Å². The zero-order valence-corrected chi connectivity index (χ0v) is 12.8. The fourth-order valence-corrected chi connectivity index (χ4v) is 3.34. The fraction of sp³-hybridized carbons (Fsp3) is 0.0714.